The third-order valence-corrected chi connectivity index (χ3v) is 2.84. The number of rotatable bonds is 4. The van der Waals surface area contributed by atoms with Gasteiger partial charge < -0.3 is 11.1 Å². The summed E-state index contributed by atoms with van der Waals surface area (Å²) in [5, 5.41) is 11.7. The zero-order valence-corrected chi connectivity index (χ0v) is 10.8. The molecule has 1 atom stereocenters. The van der Waals surface area contributed by atoms with E-state index in [9.17, 15) is 13.2 Å². The number of halogens is 3. The Hall–Kier alpha value is -1.74. The van der Waals surface area contributed by atoms with Gasteiger partial charge in [0.05, 0.1) is 17.2 Å². The van der Waals surface area contributed by atoms with E-state index in [-0.39, 0.29) is 12.0 Å². The summed E-state index contributed by atoms with van der Waals surface area (Å²) in [4.78, 5) is 0. The molecule has 1 aromatic carbocycles. The second kappa shape index (κ2) is 5.93. The Labute approximate surface area is 110 Å². The van der Waals surface area contributed by atoms with E-state index in [1.165, 1.54) is 12.1 Å². The van der Waals surface area contributed by atoms with E-state index >= 15 is 0 Å². The number of alkyl halides is 3. The van der Waals surface area contributed by atoms with Crippen LogP contribution < -0.4 is 11.1 Å². The minimum atomic E-state index is -4.52. The molecule has 6 heteroatoms. The van der Waals surface area contributed by atoms with Crippen LogP contribution in [-0.4, -0.2) is 12.6 Å². The number of nitrogens with one attached hydrogen (secondary N) is 1. The van der Waals surface area contributed by atoms with E-state index < -0.39 is 17.3 Å². The van der Waals surface area contributed by atoms with E-state index in [1.54, 1.807) is 6.07 Å². The molecule has 1 unspecified atom stereocenters. The van der Waals surface area contributed by atoms with Gasteiger partial charge in [-0.15, -0.1) is 0 Å². The largest absolute Gasteiger partial charge is 0.417 e. The summed E-state index contributed by atoms with van der Waals surface area (Å²) in [5.74, 6) is 0.261. The van der Waals surface area contributed by atoms with Crippen molar-refractivity contribution in [1.29, 1.82) is 5.26 Å². The summed E-state index contributed by atoms with van der Waals surface area (Å²) in [6, 6.07) is 4.85. The van der Waals surface area contributed by atoms with Crippen molar-refractivity contribution in [2.24, 2.45) is 11.7 Å². The molecular formula is C13H16F3N3. The first-order valence-electron chi connectivity index (χ1n) is 5.86. The molecule has 1 aromatic rings. The van der Waals surface area contributed by atoms with Crippen molar-refractivity contribution in [2.45, 2.75) is 26.1 Å². The molecule has 0 bridgehead atoms. The minimum Gasteiger partial charge on any atom is -0.383 e. The third kappa shape index (κ3) is 4.14. The van der Waals surface area contributed by atoms with Crippen LogP contribution in [0.1, 0.15) is 25.0 Å². The quantitative estimate of drug-likeness (QED) is 0.885. The van der Waals surface area contributed by atoms with Gasteiger partial charge in [-0.1, -0.05) is 13.8 Å². The fourth-order valence-electron chi connectivity index (χ4n) is 1.47. The van der Waals surface area contributed by atoms with Gasteiger partial charge in [0.15, 0.2) is 0 Å². The highest BCUT2D eigenvalue weighted by molar-refractivity contribution is 5.53. The first kappa shape index (κ1) is 15.3. The minimum absolute atomic E-state index is 0.104. The topological polar surface area (TPSA) is 61.8 Å². The maximum Gasteiger partial charge on any atom is 0.417 e. The summed E-state index contributed by atoms with van der Waals surface area (Å²) in [7, 11) is 0. The Morgan fingerprint density at radius 3 is 2.47 bits per heavy atom. The van der Waals surface area contributed by atoms with E-state index in [0.717, 1.165) is 6.07 Å². The van der Waals surface area contributed by atoms with Crippen LogP contribution in [0.5, 0.6) is 0 Å². The fraction of sp³-hybridized carbons (Fsp3) is 0.462. The lowest BCUT2D eigenvalue weighted by Gasteiger charge is -2.17. The van der Waals surface area contributed by atoms with Gasteiger partial charge in [-0.3, -0.25) is 0 Å². The van der Waals surface area contributed by atoms with Gasteiger partial charge in [0.25, 0.3) is 0 Å². The lowest BCUT2D eigenvalue weighted by Crippen LogP contribution is -2.34. The average Bonchev–Trinajstić information content (AvgIpc) is 2.34. The molecule has 0 spiro atoms. The Balaban J connectivity index is 2.87. The van der Waals surface area contributed by atoms with Crippen molar-refractivity contribution in [3.63, 3.8) is 0 Å². The molecule has 19 heavy (non-hydrogen) atoms. The van der Waals surface area contributed by atoms with Crippen molar-refractivity contribution in [3.8, 4) is 6.07 Å². The van der Waals surface area contributed by atoms with Gasteiger partial charge in [0, 0.05) is 18.3 Å². The van der Waals surface area contributed by atoms with Gasteiger partial charge in [-0.2, -0.15) is 18.4 Å². The summed E-state index contributed by atoms with van der Waals surface area (Å²) in [6.07, 6.45) is -4.52. The molecule has 0 aliphatic carbocycles. The Morgan fingerprint density at radius 1 is 1.37 bits per heavy atom. The van der Waals surface area contributed by atoms with Gasteiger partial charge in [-0.05, 0) is 24.1 Å². The number of benzene rings is 1. The van der Waals surface area contributed by atoms with Crippen LogP contribution in [0, 0.1) is 17.2 Å². The van der Waals surface area contributed by atoms with Crippen LogP contribution in [0.25, 0.3) is 0 Å². The number of hydrogen-bond donors (Lipinski definition) is 2. The summed E-state index contributed by atoms with van der Waals surface area (Å²) in [5.41, 5.74) is 4.97. The number of nitriles is 1. The van der Waals surface area contributed by atoms with Crippen LogP contribution in [0.15, 0.2) is 18.2 Å². The normalized spacial score (nSPS) is 13.2. The highest BCUT2D eigenvalue weighted by Gasteiger charge is 2.33. The first-order chi connectivity index (χ1) is 8.75. The lowest BCUT2D eigenvalue weighted by atomic mass is 10.0. The molecule has 0 fully saturated rings. The van der Waals surface area contributed by atoms with Crippen LogP contribution in [0.3, 0.4) is 0 Å². The third-order valence-electron chi connectivity index (χ3n) is 2.84. The van der Waals surface area contributed by atoms with E-state index in [2.05, 4.69) is 5.32 Å². The molecule has 3 nitrogen and oxygen atoms in total. The number of hydrogen-bond acceptors (Lipinski definition) is 3. The maximum absolute atomic E-state index is 12.6. The number of anilines is 1. The molecule has 0 radical (unpaired) electrons. The standard InChI is InChI=1S/C13H16F3N3/c1-8(2)12(18)7-19-10-3-4-11(13(14,15)16)9(5-10)6-17/h3-5,8,12,19H,7,18H2,1-2H3. The SMILES string of the molecule is CC(C)C(N)CNc1ccc(C(F)(F)F)c(C#N)c1. The molecule has 0 amide bonds. The van der Waals surface area contributed by atoms with Crippen molar-refractivity contribution >= 4 is 5.69 Å². The molecule has 104 valence electrons. The van der Waals surface area contributed by atoms with Gasteiger partial charge in [-0.25, -0.2) is 0 Å². The maximum atomic E-state index is 12.6. The van der Waals surface area contributed by atoms with Crippen molar-refractivity contribution in [2.75, 3.05) is 11.9 Å². The van der Waals surface area contributed by atoms with Gasteiger partial charge in [0.1, 0.15) is 0 Å². The predicted octanol–water partition coefficient (Wildman–Crippen LogP) is 2.97. The molecule has 0 aliphatic heterocycles. The molecule has 0 heterocycles. The molecule has 3 N–H and O–H groups in total. The molecule has 0 saturated carbocycles. The highest BCUT2D eigenvalue weighted by atomic mass is 19.4. The van der Waals surface area contributed by atoms with Crippen LogP contribution >= 0.6 is 0 Å². The highest BCUT2D eigenvalue weighted by Crippen LogP contribution is 2.32. The Bertz CT molecular complexity index is 475. The summed E-state index contributed by atoms with van der Waals surface area (Å²) < 4.78 is 37.8. The van der Waals surface area contributed by atoms with Crippen LogP contribution in [0.4, 0.5) is 18.9 Å². The van der Waals surface area contributed by atoms with Crippen molar-refractivity contribution < 1.29 is 13.2 Å². The van der Waals surface area contributed by atoms with Crippen molar-refractivity contribution in [3.05, 3.63) is 29.3 Å². The monoisotopic (exact) mass is 271 g/mol. The Kier molecular flexibility index (Phi) is 4.78. The van der Waals surface area contributed by atoms with E-state index in [4.69, 9.17) is 11.0 Å². The Morgan fingerprint density at radius 2 is 2.00 bits per heavy atom. The van der Waals surface area contributed by atoms with E-state index in [1.807, 2.05) is 13.8 Å². The summed E-state index contributed by atoms with van der Waals surface area (Å²) in [6.45, 7) is 4.35. The van der Waals surface area contributed by atoms with Crippen LogP contribution in [0.2, 0.25) is 0 Å². The molecule has 0 aromatic heterocycles. The van der Waals surface area contributed by atoms with Crippen molar-refractivity contribution in [1.82, 2.24) is 0 Å². The van der Waals surface area contributed by atoms with Gasteiger partial charge in [0.2, 0.25) is 0 Å². The predicted molar refractivity (Wildman–Crippen MR) is 67.5 cm³/mol. The number of nitrogens with two attached hydrogens (primary N) is 1. The lowest BCUT2D eigenvalue weighted by molar-refractivity contribution is -0.137. The second-order valence-electron chi connectivity index (χ2n) is 4.66. The van der Waals surface area contributed by atoms with Gasteiger partial charge >= 0.3 is 6.18 Å². The average molecular weight is 271 g/mol. The molecule has 0 saturated heterocycles. The molecule has 0 aliphatic rings. The fourth-order valence-corrected chi connectivity index (χ4v) is 1.47. The zero-order valence-electron chi connectivity index (χ0n) is 10.8. The smallest absolute Gasteiger partial charge is 0.383 e. The zero-order chi connectivity index (χ0) is 14.6. The first-order valence-corrected chi connectivity index (χ1v) is 5.86. The second-order valence-corrected chi connectivity index (χ2v) is 4.66. The molecule has 1 rings (SSSR count). The van der Waals surface area contributed by atoms with E-state index in [0.29, 0.717) is 12.2 Å². The summed E-state index contributed by atoms with van der Waals surface area (Å²) >= 11 is 0. The molecular weight excluding hydrogens is 255 g/mol. The van der Waals surface area contributed by atoms with Crippen LogP contribution in [-0.2, 0) is 6.18 Å². The number of nitrogens with zero attached hydrogens (tertiary/aromatic N) is 1.